The van der Waals surface area contributed by atoms with E-state index in [1.165, 1.54) is 0 Å². The third kappa shape index (κ3) is 7.27. The molecule has 0 aromatic heterocycles. The fourth-order valence-electron chi connectivity index (χ4n) is 0.797. The largest absolute Gasteiger partial charge is 0.370 e. The molecule has 1 unspecified atom stereocenters. The summed E-state index contributed by atoms with van der Waals surface area (Å²) in [5.41, 5.74) is 10.2. The summed E-state index contributed by atoms with van der Waals surface area (Å²) in [5.74, 6) is -0.474. The Morgan fingerprint density at radius 3 is 2.46 bits per heavy atom. The smallest absolute Gasteiger partial charge is 0.236 e. The van der Waals surface area contributed by atoms with E-state index >= 15 is 0 Å². The predicted molar refractivity (Wildman–Crippen MR) is 49.7 cm³/mol. The van der Waals surface area contributed by atoms with Crippen LogP contribution in [0.15, 0.2) is 0 Å². The van der Waals surface area contributed by atoms with Crippen molar-refractivity contribution in [2.24, 2.45) is 11.5 Å². The second-order valence-electron chi connectivity index (χ2n) is 3.00. The fourth-order valence-corrected chi connectivity index (χ4v) is 0.797. The molecule has 13 heavy (non-hydrogen) atoms. The summed E-state index contributed by atoms with van der Waals surface area (Å²) in [6.07, 6.45) is 1.82. The van der Waals surface area contributed by atoms with Gasteiger partial charge in [-0.25, -0.2) is 0 Å². The van der Waals surface area contributed by atoms with E-state index in [1.54, 1.807) is 6.92 Å². The molecule has 0 radical (unpaired) electrons. The van der Waals surface area contributed by atoms with Crippen molar-refractivity contribution in [3.05, 3.63) is 0 Å². The Morgan fingerprint density at radius 1 is 1.38 bits per heavy atom. The summed E-state index contributed by atoms with van der Waals surface area (Å²) in [5, 5.41) is 2.64. The molecule has 0 saturated heterocycles. The number of nitrogens with one attached hydrogen (secondary N) is 1. The standard InChI is InChI=1S/C8H17N3O2/c1-6(9)8(13)11-5-3-2-4-7(10)12/h6H,2-5,9H2,1H3,(H2,10,12)(H,11,13). The number of amides is 2. The van der Waals surface area contributed by atoms with Crippen molar-refractivity contribution < 1.29 is 9.59 Å². The Hall–Kier alpha value is -1.10. The molecule has 5 nitrogen and oxygen atoms in total. The Balaban J connectivity index is 3.26. The third-order valence-electron chi connectivity index (χ3n) is 1.56. The molecule has 76 valence electrons. The highest BCUT2D eigenvalue weighted by Crippen LogP contribution is 1.92. The molecule has 0 spiro atoms. The van der Waals surface area contributed by atoms with Crippen LogP contribution in [0, 0.1) is 0 Å². The van der Waals surface area contributed by atoms with Crippen molar-refractivity contribution in [2.75, 3.05) is 6.54 Å². The van der Waals surface area contributed by atoms with Crippen LogP contribution in [0.3, 0.4) is 0 Å². The molecule has 2 amide bonds. The van der Waals surface area contributed by atoms with Crippen LogP contribution >= 0.6 is 0 Å². The maximum absolute atomic E-state index is 10.9. The average Bonchev–Trinajstić information content (AvgIpc) is 2.02. The van der Waals surface area contributed by atoms with Crippen LogP contribution in [0.2, 0.25) is 0 Å². The zero-order valence-corrected chi connectivity index (χ0v) is 7.88. The Labute approximate surface area is 77.8 Å². The molecule has 0 aliphatic rings. The number of hydrogen-bond donors (Lipinski definition) is 3. The number of hydrogen-bond acceptors (Lipinski definition) is 3. The van der Waals surface area contributed by atoms with Gasteiger partial charge in [-0.3, -0.25) is 9.59 Å². The maximum Gasteiger partial charge on any atom is 0.236 e. The van der Waals surface area contributed by atoms with E-state index in [9.17, 15) is 9.59 Å². The van der Waals surface area contributed by atoms with Crippen molar-refractivity contribution in [1.82, 2.24) is 5.32 Å². The molecule has 0 saturated carbocycles. The second kappa shape index (κ2) is 6.42. The molecule has 0 aliphatic carbocycles. The van der Waals surface area contributed by atoms with E-state index in [4.69, 9.17) is 11.5 Å². The molecule has 0 heterocycles. The first-order valence-electron chi connectivity index (χ1n) is 4.35. The van der Waals surface area contributed by atoms with E-state index < -0.39 is 6.04 Å². The Morgan fingerprint density at radius 2 is 2.00 bits per heavy atom. The van der Waals surface area contributed by atoms with Gasteiger partial charge in [0, 0.05) is 13.0 Å². The number of carbonyl (C=O) groups is 2. The van der Waals surface area contributed by atoms with Crippen LogP contribution in [-0.4, -0.2) is 24.4 Å². The molecular weight excluding hydrogens is 170 g/mol. The van der Waals surface area contributed by atoms with Crippen molar-refractivity contribution in [1.29, 1.82) is 0 Å². The van der Waals surface area contributed by atoms with Gasteiger partial charge in [0.25, 0.3) is 0 Å². The Kier molecular flexibility index (Phi) is 5.88. The minimum Gasteiger partial charge on any atom is -0.370 e. The van der Waals surface area contributed by atoms with Crippen LogP contribution in [0.4, 0.5) is 0 Å². The molecule has 0 rings (SSSR count). The van der Waals surface area contributed by atoms with E-state index in [-0.39, 0.29) is 11.8 Å². The first-order valence-corrected chi connectivity index (χ1v) is 4.35. The van der Waals surface area contributed by atoms with Crippen molar-refractivity contribution in [2.45, 2.75) is 32.2 Å². The highest BCUT2D eigenvalue weighted by molar-refractivity contribution is 5.80. The maximum atomic E-state index is 10.9. The quantitative estimate of drug-likeness (QED) is 0.470. The molecular formula is C8H17N3O2. The number of nitrogens with two attached hydrogens (primary N) is 2. The van der Waals surface area contributed by atoms with Crippen LogP contribution < -0.4 is 16.8 Å². The van der Waals surface area contributed by atoms with E-state index in [2.05, 4.69) is 5.32 Å². The van der Waals surface area contributed by atoms with Gasteiger partial charge in [0.2, 0.25) is 11.8 Å². The number of unbranched alkanes of at least 4 members (excludes halogenated alkanes) is 1. The highest BCUT2D eigenvalue weighted by atomic mass is 16.2. The molecule has 1 atom stereocenters. The van der Waals surface area contributed by atoms with Gasteiger partial charge in [-0.15, -0.1) is 0 Å². The summed E-state index contributed by atoms with van der Waals surface area (Å²) < 4.78 is 0. The summed E-state index contributed by atoms with van der Waals surface area (Å²) in [4.78, 5) is 21.2. The van der Waals surface area contributed by atoms with Crippen LogP contribution in [0.25, 0.3) is 0 Å². The summed E-state index contributed by atoms with van der Waals surface area (Å²) in [6, 6.07) is -0.476. The van der Waals surface area contributed by atoms with E-state index in [0.29, 0.717) is 19.4 Å². The molecule has 0 bridgehead atoms. The molecule has 0 fully saturated rings. The molecule has 0 aromatic rings. The highest BCUT2D eigenvalue weighted by Gasteiger charge is 2.04. The second-order valence-corrected chi connectivity index (χ2v) is 3.00. The van der Waals surface area contributed by atoms with Crippen molar-refractivity contribution in [3.8, 4) is 0 Å². The van der Waals surface area contributed by atoms with Crippen LogP contribution in [-0.2, 0) is 9.59 Å². The van der Waals surface area contributed by atoms with Gasteiger partial charge in [0.05, 0.1) is 6.04 Å². The molecule has 0 aliphatic heterocycles. The average molecular weight is 187 g/mol. The normalized spacial score (nSPS) is 12.2. The number of primary amides is 1. The zero-order chi connectivity index (χ0) is 10.3. The van der Waals surface area contributed by atoms with Gasteiger partial charge in [-0.1, -0.05) is 0 Å². The first kappa shape index (κ1) is 11.9. The lowest BCUT2D eigenvalue weighted by Gasteiger charge is -2.06. The fraction of sp³-hybridized carbons (Fsp3) is 0.750. The molecule has 5 heteroatoms. The predicted octanol–water partition coefficient (Wildman–Crippen LogP) is -0.895. The minimum atomic E-state index is -0.476. The van der Waals surface area contributed by atoms with Gasteiger partial charge in [-0.05, 0) is 19.8 Å². The van der Waals surface area contributed by atoms with Gasteiger partial charge in [-0.2, -0.15) is 0 Å². The lowest BCUT2D eigenvalue weighted by atomic mass is 10.2. The summed E-state index contributed by atoms with van der Waals surface area (Å²) in [6.45, 7) is 2.17. The molecule has 0 aromatic carbocycles. The van der Waals surface area contributed by atoms with E-state index in [0.717, 1.165) is 6.42 Å². The summed E-state index contributed by atoms with van der Waals surface area (Å²) >= 11 is 0. The monoisotopic (exact) mass is 187 g/mol. The van der Waals surface area contributed by atoms with Crippen LogP contribution in [0.1, 0.15) is 26.2 Å². The lowest BCUT2D eigenvalue weighted by molar-refractivity contribution is -0.122. The third-order valence-corrected chi connectivity index (χ3v) is 1.56. The van der Waals surface area contributed by atoms with Gasteiger partial charge < -0.3 is 16.8 Å². The SMILES string of the molecule is CC(N)C(=O)NCCCCC(N)=O. The molecule has 5 N–H and O–H groups in total. The zero-order valence-electron chi connectivity index (χ0n) is 7.88. The topological polar surface area (TPSA) is 98.2 Å². The lowest BCUT2D eigenvalue weighted by Crippen LogP contribution is -2.38. The summed E-state index contributed by atoms with van der Waals surface area (Å²) in [7, 11) is 0. The first-order chi connectivity index (χ1) is 6.04. The van der Waals surface area contributed by atoms with Gasteiger partial charge in [0.1, 0.15) is 0 Å². The van der Waals surface area contributed by atoms with Crippen LogP contribution in [0.5, 0.6) is 0 Å². The minimum absolute atomic E-state index is 0.168. The number of carbonyl (C=O) groups excluding carboxylic acids is 2. The van der Waals surface area contributed by atoms with Crippen molar-refractivity contribution in [3.63, 3.8) is 0 Å². The van der Waals surface area contributed by atoms with Gasteiger partial charge in [0.15, 0.2) is 0 Å². The van der Waals surface area contributed by atoms with Crippen molar-refractivity contribution >= 4 is 11.8 Å². The Bertz CT molecular complexity index is 180. The van der Waals surface area contributed by atoms with Gasteiger partial charge >= 0.3 is 0 Å². The number of rotatable bonds is 6. The van der Waals surface area contributed by atoms with E-state index in [1.807, 2.05) is 0 Å².